The fraction of sp³-hybridized carbons (Fsp3) is 0.533. The number of carbonyl (C=O) groups excluding carboxylic acids is 1. The number of ketones is 1. The van der Waals surface area contributed by atoms with Crippen LogP contribution in [0.5, 0.6) is 5.75 Å². The Kier molecular flexibility index (Phi) is 5.75. The first kappa shape index (κ1) is 13.8. The minimum absolute atomic E-state index is 0.356. The summed E-state index contributed by atoms with van der Waals surface area (Å²) in [4.78, 5) is 11.6. The third kappa shape index (κ3) is 4.59. The van der Waals surface area contributed by atoms with Crippen LogP contribution in [-0.4, -0.2) is 12.9 Å². The molecule has 0 saturated carbocycles. The minimum Gasteiger partial charge on any atom is -0.496 e. The molecule has 0 amide bonds. The summed E-state index contributed by atoms with van der Waals surface area (Å²) in [6.07, 6.45) is 4.21. The number of unbranched alkanes of at least 4 members (excludes halogenated alkanes) is 1. The second kappa shape index (κ2) is 7.10. The molecule has 1 rings (SSSR count). The predicted octanol–water partition coefficient (Wildman–Crippen LogP) is 3.70. The van der Waals surface area contributed by atoms with Crippen LogP contribution in [0.3, 0.4) is 0 Å². The van der Waals surface area contributed by atoms with Crippen molar-refractivity contribution < 1.29 is 9.53 Å². The maximum absolute atomic E-state index is 11.6. The maximum Gasteiger partial charge on any atom is 0.133 e. The van der Waals surface area contributed by atoms with Crippen molar-refractivity contribution in [3.05, 3.63) is 29.3 Å². The molecule has 0 saturated heterocycles. The molecular weight excluding hydrogens is 212 g/mol. The van der Waals surface area contributed by atoms with Gasteiger partial charge in [-0.05, 0) is 37.0 Å². The average molecular weight is 234 g/mol. The van der Waals surface area contributed by atoms with Gasteiger partial charge in [0.25, 0.3) is 0 Å². The number of Topliss-reactive ketones (excluding diaryl/α,β-unsaturated/α-hetero) is 1. The Bertz CT molecular complexity index is 369. The van der Waals surface area contributed by atoms with Crippen LogP contribution in [0.4, 0.5) is 0 Å². The van der Waals surface area contributed by atoms with Crippen LogP contribution in [0, 0.1) is 6.92 Å². The van der Waals surface area contributed by atoms with Gasteiger partial charge < -0.3 is 4.74 Å². The van der Waals surface area contributed by atoms with Crippen LogP contribution in [0.15, 0.2) is 18.2 Å². The van der Waals surface area contributed by atoms with Gasteiger partial charge in [0.2, 0.25) is 0 Å². The van der Waals surface area contributed by atoms with Gasteiger partial charge in [0.1, 0.15) is 11.5 Å². The molecule has 2 nitrogen and oxygen atoms in total. The number of hydrogen-bond donors (Lipinski definition) is 0. The van der Waals surface area contributed by atoms with Gasteiger partial charge in [-0.25, -0.2) is 0 Å². The van der Waals surface area contributed by atoms with E-state index in [4.69, 9.17) is 4.74 Å². The Labute approximate surface area is 104 Å². The number of aryl methyl sites for hydroxylation is 2. The molecular formula is C15H22O2. The van der Waals surface area contributed by atoms with E-state index in [1.165, 1.54) is 5.56 Å². The molecule has 0 N–H and O–H groups in total. The molecule has 0 atom stereocenters. The van der Waals surface area contributed by atoms with E-state index < -0.39 is 0 Å². The average Bonchev–Trinajstić information content (AvgIpc) is 2.34. The third-order valence-electron chi connectivity index (χ3n) is 2.92. The molecule has 94 valence electrons. The van der Waals surface area contributed by atoms with Gasteiger partial charge in [-0.2, -0.15) is 0 Å². The largest absolute Gasteiger partial charge is 0.496 e. The van der Waals surface area contributed by atoms with Crippen molar-refractivity contribution in [2.45, 2.75) is 46.0 Å². The van der Waals surface area contributed by atoms with E-state index in [1.807, 2.05) is 13.0 Å². The summed E-state index contributed by atoms with van der Waals surface area (Å²) < 4.78 is 5.33. The molecule has 0 aliphatic rings. The van der Waals surface area contributed by atoms with E-state index in [1.54, 1.807) is 7.11 Å². The van der Waals surface area contributed by atoms with Gasteiger partial charge in [0, 0.05) is 12.8 Å². The third-order valence-corrected chi connectivity index (χ3v) is 2.92. The van der Waals surface area contributed by atoms with Gasteiger partial charge in [0.05, 0.1) is 7.11 Å². The molecule has 0 aromatic heterocycles. The molecule has 0 heterocycles. The van der Waals surface area contributed by atoms with Gasteiger partial charge in [-0.1, -0.05) is 25.5 Å². The summed E-state index contributed by atoms with van der Waals surface area (Å²) >= 11 is 0. The lowest BCUT2D eigenvalue weighted by atomic mass is 10.0. The summed E-state index contributed by atoms with van der Waals surface area (Å²) in [5.74, 6) is 1.25. The van der Waals surface area contributed by atoms with Gasteiger partial charge in [0.15, 0.2) is 0 Å². The molecule has 2 heteroatoms. The van der Waals surface area contributed by atoms with Crippen LogP contribution >= 0.6 is 0 Å². The highest BCUT2D eigenvalue weighted by atomic mass is 16.5. The van der Waals surface area contributed by atoms with Crippen molar-refractivity contribution in [3.8, 4) is 5.75 Å². The molecule has 0 aliphatic heterocycles. The van der Waals surface area contributed by atoms with Crippen LogP contribution < -0.4 is 4.74 Å². The molecule has 0 bridgehead atoms. The molecule has 17 heavy (non-hydrogen) atoms. The minimum atomic E-state index is 0.356. The van der Waals surface area contributed by atoms with Crippen LogP contribution in [0.25, 0.3) is 0 Å². The lowest BCUT2D eigenvalue weighted by Crippen LogP contribution is -2.01. The monoisotopic (exact) mass is 234 g/mol. The fourth-order valence-electron chi connectivity index (χ4n) is 1.83. The Morgan fingerprint density at radius 2 is 2.06 bits per heavy atom. The van der Waals surface area contributed by atoms with Crippen molar-refractivity contribution in [1.82, 2.24) is 0 Å². The highest BCUT2D eigenvalue weighted by Crippen LogP contribution is 2.21. The number of carbonyl (C=O) groups is 1. The van der Waals surface area contributed by atoms with Crippen molar-refractivity contribution in [2.75, 3.05) is 7.11 Å². The smallest absolute Gasteiger partial charge is 0.133 e. The Hall–Kier alpha value is -1.31. The lowest BCUT2D eigenvalue weighted by Gasteiger charge is -2.09. The SMILES string of the molecule is CCCCC(=O)CCc1ccc(C)cc1OC. The zero-order valence-electron chi connectivity index (χ0n) is 11.1. The summed E-state index contributed by atoms with van der Waals surface area (Å²) in [5.41, 5.74) is 2.31. The maximum atomic E-state index is 11.6. The number of hydrogen-bond acceptors (Lipinski definition) is 2. The zero-order valence-corrected chi connectivity index (χ0v) is 11.1. The van der Waals surface area contributed by atoms with E-state index >= 15 is 0 Å². The molecule has 0 unspecified atom stereocenters. The second-order valence-corrected chi connectivity index (χ2v) is 4.46. The molecule has 0 spiro atoms. The van der Waals surface area contributed by atoms with Gasteiger partial charge >= 0.3 is 0 Å². The quantitative estimate of drug-likeness (QED) is 0.719. The molecule has 0 aliphatic carbocycles. The van der Waals surface area contributed by atoms with Crippen molar-refractivity contribution in [3.63, 3.8) is 0 Å². The normalized spacial score (nSPS) is 10.3. The highest BCUT2D eigenvalue weighted by Gasteiger charge is 2.06. The molecule has 1 aromatic carbocycles. The zero-order chi connectivity index (χ0) is 12.7. The topological polar surface area (TPSA) is 26.3 Å². The van der Waals surface area contributed by atoms with Gasteiger partial charge in [-0.15, -0.1) is 0 Å². The van der Waals surface area contributed by atoms with Crippen LogP contribution in [0.2, 0.25) is 0 Å². The van der Waals surface area contributed by atoms with Crippen LogP contribution in [-0.2, 0) is 11.2 Å². The number of methoxy groups -OCH3 is 1. The first-order valence-corrected chi connectivity index (χ1v) is 6.32. The standard InChI is InChI=1S/C15H22O2/c1-4-5-6-14(16)10-9-13-8-7-12(2)11-15(13)17-3/h7-8,11H,4-6,9-10H2,1-3H3. The van der Waals surface area contributed by atoms with E-state index in [0.29, 0.717) is 18.6 Å². The lowest BCUT2D eigenvalue weighted by molar-refractivity contribution is -0.119. The molecule has 0 radical (unpaired) electrons. The summed E-state index contributed by atoms with van der Waals surface area (Å²) in [7, 11) is 1.68. The van der Waals surface area contributed by atoms with E-state index in [-0.39, 0.29) is 0 Å². The predicted molar refractivity (Wildman–Crippen MR) is 70.6 cm³/mol. The Balaban J connectivity index is 2.54. The van der Waals surface area contributed by atoms with Gasteiger partial charge in [-0.3, -0.25) is 4.79 Å². The summed E-state index contributed by atoms with van der Waals surface area (Å²) in [5, 5.41) is 0. The molecule has 1 aromatic rings. The number of benzene rings is 1. The molecule has 0 fully saturated rings. The first-order valence-electron chi connectivity index (χ1n) is 6.32. The van der Waals surface area contributed by atoms with E-state index in [0.717, 1.165) is 30.6 Å². The van der Waals surface area contributed by atoms with E-state index in [2.05, 4.69) is 19.1 Å². The van der Waals surface area contributed by atoms with E-state index in [9.17, 15) is 4.79 Å². The number of ether oxygens (including phenoxy) is 1. The highest BCUT2D eigenvalue weighted by molar-refractivity contribution is 5.78. The summed E-state index contributed by atoms with van der Waals surface area (Å²) in [6, 6.07) is 6.14. The number of rotatable bonds is 7. The Morgan fingerprint density at radius 1 is 1.29 bits per heavy atom. The van der Waals surface area contributed by atoms with Crippen molar-refractivity contribution in [2.24, 2.45) is 0 Å². The summed E-state index contributed by atoms with van der Waals surface area (Å²) in [6.45, 7) is 4.15. The second-order valence-electron chi connectivity index (χ2n) is 4.46. The van der Waals surface area contributed by atoms with Crippen molar-refractivity contribution in [1.29, 1.82) is 0 Å². The first-order chi connectivity index (χ1) is 8.17. The fourth-order valence-corrected chi connectivity index (χ4v) is 1.83. The van der Waals surface area contributed by atoms with Crippen LogP contribution in [0.1, 0.15) is 43.7 Å². The Morgan fingerprint density at radius 3 is 2.71 bits per heavy atom. The van der Waals surface area contributed by atoms with Crippen molar-refractivity contribution >= 4 is 5.78 Å².